The van der Waals surface area contributed by atoms with Gasteiger partial charge in [-0.25, -0.2) is 8.78 Å². The van der Waals surface area contributed by atoms with Crippen molar-refractivity contribution in [3.05, 3.63) is 33.9 Å². The van der Waals surface area contributed by atoms with Crippen LogP contribution in [0.3, 0.4) is 0 Å². The molecule has 0 aliphatic carbocycles. The minimum atomic E-state index is -0.940. The first-order valence-electron chi connectivity index (χ1n) is 6.59. The quantitative estimate of drug-likeness (QED) is 0.667. The van der Waals surface area contributed by atoms with Crippen LogP contribution >= 0.6 is 0 Å². The molecule has 7 heteroatoms. The highest BCUT2D eigenvalue weighted by molar-refractivity contribution is 5.52. The number of nitrogens with one attached hydrogen (secondary N) is 1. The zero-order valence-corrected chi connectivity index (χ0v) is 11.2. The van der Waals surface area contributed by atoms with Crippen molar-refractivity contribution >= 4 is 11.4 Å². The molecule has 2 rings (SSSR count). The predicted molar refractivity (Wildman–Crippen MR) is 71.8 cm³/mol. The van der Waals surface area contributed by atoms with Crippen LogP contribution in [0, 0.1) is 21.7 Å². The number of rotatable bonds is 5. The fraction of sp³-hybridized carbons (Fsp3) is 0.538. The van der Waals surface area contributed by atoms with E-state index in [1.807, 2.05) is 6.92 Å². The molecule has 1 atom stereocenters. The number of non-ortho nitro benzene ring substituents is 1. The van der Waals surface area contributed by atoms with Crippen LogP contribution in [0.2, 0.25) is 0 Å². The van der Waals surface area contributed by atoms with Gasteiger partial charge in [0.2, 0.25) is 0 Å². The first-order chi connectivity index (χ1) is 9.47. The number of hydrogen-bond donors (Lipinski definition) is 1. The average molecular weight is 285 g/mol. The lowest BCUT2D eigenvalue weighted by atomic mass is 10.2. The van der Waals surface area contributed by atoms with E-state index in [2.05, 4.69) is 10.2 Å². The Labute approximate surface area is 115 Å². The summed E-state index contributed by atoms with van der Waals surface area (Å²) >= 11 is 0. The van der Waals surface area contributed by atoms with Gasteiger partial charge in [0, 0.05) is 12.6 Å². The summed E-state index contributed by atoms with van der Waals surface area (Å²) < 4.78 is 27.4. The smallest absolute Gasteiger partial charge is 0.275 e. The van der Waals surface area contributed by atoms with Gasteiger partial charge in [0.1, 0.15) is 5.69 Å². The highest BCUT2D eigenvalue weighted by Gasteiger charge is 2.20. The molecule has 0 aromatic heterocycles. The predicted octanol–water partition coefficient (Wildman–Crippen LogP) is 2.77. The van der Waals surface area contributed by atoms with Crippen molar-refractivity contribution in [3.8, 4) is 0 Å². The van der Waals surface area contributed by atoms with Gasteiger partial charge in [-0.3, -0.25) is 10.1 Å². The van der Waals surface area contributed by atoms with E-state index in [1.54, 1.807) is 0 Å². The summed E-state index contributed by atoms with van der Waals surface area (Å²) in [6.07, 6.45) is 2.29. The monoisotopic (exact) mass is 285 g/mol. The number of hydrogen-bond acceptors (Lipinski definition) is 4. The van der Waals surface area contributed by atoms with E-state index in [0.29, 0.717) is 6.54 Å². The lowest BCUT2D eigenvalue weighted by Crippen LogP contribution is -2.33. The summed E-state index contributed by atoms with van der Waals surface area (Å²) in [5, 5.41) is 13.3. The third kappa shape index (κ3) is 3.41. The van der Waals surface area contributed by atoms with Gasteiger partial charge in [0.05, 0.1) is 17.1 Å². The average Bonchev–Trinajstić information content (AvgIpc) is 2.86. The summed E-state index contributed by atoms with van der Waals surface area (Å²) in [5.41, 5.74) is -0.889. The van der Waals surface area contributed by atoms with Gasteiger partial charge in [-0.05, 0) is 32.9 Å². The van der Waals surface area contributed by atoms with Crippen LogP contribution in [0.25, 0.3) is 0 Å². The molecule has 1 heterocycles. The Kier molecular flexibility index (Phi) is 4.49. The van der Waals surface area contributed by atoms with Gasteiger partial charge in [-0.1, -0.05) is 0 Å². The Morgan fingerprint density at radius 2 is 1.90 bits per heavy atom. The van der Waals surface area contributed by atoms with Gasteiger partial charge in [0.15, 0.2) is 11.6 Å². The Balaban J connectivity index is 2.06. The lowest BCUT2D eigenvalue weighted by molar-refractivity contribution is -0.385. The second-order valence-electron chi connectivity index (χ2n) is 5.09. The first kappa shape index (κ1) is 14.6. The summed E-state index contributed by atoms with van der Waals surface area (Å²) in [5.74, 6) is -1.88. The maximum atomic E-state index is 13.7. The van der Waals surface area contributed by atoms with Crippen molar-refractivity contribution < 1.29 is 13.7 Å². The minimum Gasteiger partial charge on any atom is -0.377 e. The molecule has 1 unspecified atom stereocenters. The van der Waals surface area contributed by atoms with Crippen LogP contribution in [0.1, 0.15) is 19.8 Å². The van der Waals surface area contributed by atoms with Gasteiger partial charge < -0.3 is 10.2 Å². The zero-order valence-electron chi connectivity index (χ0n) is 11.2. The van der Waals surface area contributed by atoms with E-state index in [-0.39, 0.29) is 11.7 Å². The first-order valence-corrected chi connectivity index (χ1v) is 6.59. The van der Waals surface area contributed by atoms with E-state index in [1.165, 1.54) is 0 Å². The maximum Gasteiger partial charge on any atom is 0.275 e. The van der Waals surface area contributed by atoms with Crippen molar-refractivity contribution in [1.29, 1.82) is 0 Å². The van der Waals surface area contributed by atoms with Crippen LogP contribution in [-0.4, -0.2) is 35.5 Å². The third-order valence-corrected chi connectivity index (χ3v) is 3.36. The minimum absolute atomic E-state index is 0.140. The lowest BCUT2D eigenvalue weighted by Gasteiger charge is -2.22. The van der Waals surface area contributed by atoms with Gasteiger partial charge in [-0.15, -0.1) is 0 Å². The molecule has 20 heavy (non-hydrogen) atoms. The standard InChI is InChI=1S/C13H17F2N3O2/c1-9(8-17-4-2-3-5-17)16-13-11(14)6-10(18(19)20)7-12(13)15/h6-7,9,16H,2-5,8H2,1H3. The third-order valence-electron chi connectivity index (χ3n) is 3.36. The molecular weight excluding hydrogens is 268 g/mol. The molecule has 1 aromatic rings. The maximum absolute atomic E-state index is 13.7. The number of nitro groups is 1. The van der Waals surface area contributed by atoms with Gasteiger partial charge >= 0.3 is 0 Å². The molecule has 1 aliphatic heterocycles. The Bertz CT molecular complexity index is 481. The summed E-state index contributed by atoms with van der Waals surface area (Å²) in [6, 6.07) is 1.32. The molecule has 110 valence electrons. The second-order valence-corrected chi connectivity index (χ2v) is 5.09. The SMILES string of the molecule is CC(CN1CCCC1)Nc1c(F)cc([N+](=O)[O-])cc1F. The fourth-order valence-corrected chi connectivity index (χ4v) is 2.45. The Hall–Kier alpha value is -1.76. The number of likely N-dealkylation sites (tertiary alicyclic amines) is 1. The number of nitro benzene ring substituents is 1. The van der Waals surface area contributed by atoms with E-state index in [9.17, 15) is 18.9 Å². The normalized spacial score (nSPS) is 17.1. The van der Waals surface area contributed by atoms with Crippen molar-refractivity contribution in [2.45, 2.75) is 25.8 Å². The van der Waals surface area contributed by atoms with E-state index < -0.39 is 22.2 Å². The molecule has 1 aromatic carbocycles. The number of halogens is 2. The largest absolute Gasteiger partial charge is 0.377 e. The van der Waals surface area contributed by atoms with Gasteiger partial charge in [-0.2, -0.15) is 0 Å². The molecule has 1 N–H and O–H groups in total. The van der Waals surface area contributed by atoms with Crippen LogP contribution in [0.15, 0.2) is 12.1 Å². The van der Waals surface area contributed by atoms with Gasteiger partial charge in [0.25, 0.3) is 5.69 Å². The summed E-state index contributed by atoms with van der Waals surface area (Å²) in [4.78, 5) is 11.9. The Morgan fingerprint density at radius 1 is 1.35 bits per heavy atom. The molecule has 5 nitrogen and oxygen atoms in total. The van der Waals surface area contributed by atoms with E-state index in [4.69, 9.17) is 0 Å². The van der Waals surface area contributed by atoms with Crippen LogP contribution < -0.4 is 5.32 Å². The van der Waals surface area contributed by atoms with Crippen LogP contribution in [0.5, 0.6) is 0 Å². The molecule has 1 aliphatic rings. The van der Waals surface area contributed by atoms with Crippen molar-refractivity contribution in [2.24, 2.45) is 0 Å². The molecule has 0 saturated carbocycles. The molecule has 1 fully saturated rings. The number of benzene rings is 1. The van der Waals surface area contributed by atoms with Crippen molar-refractivity contribution in [2.75, 3.05) is 25.0 Å². The zero-order chi connectivity index (χ0) is 14.7. The fourth-order valence-electron chi connectivity index (χ4n) is 2.45. The second kappa shape index (κ2) is 6.13. The van der Waals surface area contributed by atoms with Crippen LogP contribution in [0.4, 0.5) is 20.2 Å². The van der Waals surface area contributed by atoms with Crippen molar-refractivity contribution in [3.63, 3.8) is 0 Å². The Morgan fingerprint density at radius 3 is 2.40 bits per heavy atom. The molecule has 0 radical (unpaired) electrons. The molecule has 0 spiro atoms. The molecule has 1 saturated heterocycles. The molecule has 0 amide bonds. The highest BCUT2D eigenvalue weighted by atomic mass is 19.1. The summed E-state index contributed by atoms with van der Waals surface area (Å²) in [6.45, 7) is 4.52. The molecule has 0 bridgehead atoms. The number of anilines is 1. The van der Waals surface area contributed by atoms with Crippen LogP contribution in [-0.2, 0) is 0 Å². The topological polar surface area (TPSA) is 58.4 Å². The molecular formula is C13H17F2N3O2. The number of nitrogens with zero attached hydrogens (tertiary/aromatic N) is 2. The van der Waals surface area contributed by atoms with E-state index in [0.717, 1.165) is 38.1 Å². The van der Waals surface area contributed by atoms with Crippen molar-refractivity contribution in [1.82, 2.24) is 4.90 Å². The van der Waals surface area contributed by atoms with E-state index >= 15 is 0 Å². The highest BCUT2D eigenvalue weighted by Crippen LogP contribution is 2.25. The summed E-state index contributed by atoms with van der Waals surface area (Å²) in [7, 11) is 0.